The van der Waals surface area contributed by atoms with Crippen molar-refractivity contribution in [1.29, 1.82) is 0 Å². The van der Waals surface area contributed by atoms with Crippen LogP contribution in [0.1, 0.15) is 22.3 Å². The monoisotopic (exact) mass is 662 g/mol. The Bertz CT molecular complexity index is 2280. The Morgan fingerprint density at radius 2 is 0.706 bits per heavy atom. The minimum atomic E-state index is 0.376. The normalized spacial score (nSPS) is 11.1. The first-order valence-electron chi connectivity index (χ1n) is 17.4. The molecule has 0 spiro atoms. The van der Waals surface area contributed by atoms with E-state index < -0.39 is 0 Å². The maximum Gasteiger partial charge on any atom is 0.123 e. The summed E-state index contributed by atoms with van der Waals surface area (Å²) < 4.78 is 18.8. The first-order chi connectivity index (χ1) is 25.2. The van der Waals surface area contributed by atoms with Crippen molar-refractivity contribution in [3.63, 3.8) is 0 Å². The average molecular weight is 663 g/mol. The first kappa shape index (κ1) is 31.9. The van der Waals surface area contributed by atoms with Gasteiger partial charge >= 0.3 is 0 Å². The van der Waals surface area contributed by atoms with Crippen molar-refractivity contribution < 1.29 is 14.2 Å². The van der Waals surface area contributed by atoms with Crippen molar-refractivity contribution in [3.8, 4) is 39.5 Å². The number of hydrogen-bond acceptors (Lipinski definition) is 3. The fourth-order valence-electron chi connectivity index (χ4n) is 6.72. The molecule has 0 atom stereocenters. The van der Waals surface area contributed by atoms with Crippen LogP contribution in [-0.2, 0) is 19.8 Å². The topological polar surface area (TPSA) is 27.7 Å². The van der Waals surface area contributed by atoms with E-state index >= 15 is 0 Å². The van der Waals surface area contributed by atoms with Gasteiger partial charge in [-0.15, -0.1) is 0 Å². The second-order valence-electron chi connectivity index (χ2n) is 12.9. The number of rotatable bonds is 11. The zero-order chi connectivity index (χ0) is 34.4. The molecule has 51 heavy (non-hydrogen) atoms. The van der Waals surface area contributed by atoms with Crippen molar-refractivity contribution in [2.45, 2.75) is 26.7 Å². The lowest BCUT2D eigenvalue weighted by Crippen LogP contribution is -2.01. The van der Waals surface area contributed by atoms with Crippen molar-refractivity contribution >= 4 is 21.5 Å². The second-order valence-corrected chi connectivity index (χ2v) is 12.9. The van der Waals surface area contributed by atoms with E-state index in [1.165, 1.54) is 43.8 Å². The molecule has 0 aliphatic rings. The SMILES string of the molecule is Cc1ccc(-c2c3ccccc3c(-c3ccc(OCc4cc(OCc5ccccc5)cc(OCc5ccccc5)c4)cc3)c3ccccc23)cc1. The summed E-state index contributed by atoms with van der Waals surface area (Å²) in [6.07, 6.45) is 0. The summed E-state index contributed by atoms with van der Waals surface area (Å²) in [5.74, 6) is 2.28. The highest BCUT2D eigenvalue weighted by Gasteiger charge is 2.16. The molecule has 248 valence electrons. The highest BCUT2D eigenvalue weighted by Crippen LogP contribution is 2.43. The van der Waals surface area contributed by atoms with Crippen LogP contribution in [-0.4, -0.2) is 0 Å². The van der Waals surface area contributed by atoms with Gasteiger partial charge in [0.25, 0.3) is 0 Å². The molecule has 3 nitrogen and oxygen atoms in total. The van der Waals surface area contributed by atoms with Gasteiger partial charge in [0.05, 0.1) is 0 Å². The number of benzene rings is 8. The lowest BCUT2D eigenvalue weighted by atomic mass is 9.86. The lowest BCUT2D eigenvalue weighted by Gasteiger charge is -2.18. The Labute approximate surface area is 299 Å². The van der Waals surface area contributed by atoms with E-state index in [2.05, 4.69) is 128 Å². The fraction of sp³-hybridized carbons (Fsp3) is 0.0833. The molecule has 0 saturated carbocycles. The molecule has 3 heteroatoms. The van der Waals surface area contributed by atoms with Crippen LogP contribution < -0.4 is 14.2 Å². The highest BCUT2D eigenvalue weighted by molar-refractivity contribution is 6.21. The number of hydrogen-bond donors (Lipinski definition) is 0. The van der Waals surface area contributed by atoms with E-state index in [-0.39, 0.29) is 0 Å². The van der Waals surface area contributed by atoms with Crippen molar-refractivity contribution in [2.75, 3.05) is 0 Å². The molecule has 0 heterocycles. The van der Waals surface area contributed by atoms with Crippen LogP contribution in [0.4, 0.5) is 0 Å². The van der Waals surface area contributed by atoms with Gasteiger partial charge in [0, 0.05) is 6.07 Å². The third-order valence-electron chi connectivity index (χ3n) is 9.26. The van der Waals surface area contributed by atoms with Crippen molar-refractivity contribution in [2.24, 2.45) is 0 Å². The minimum absolute atomic E-state index is 0.376. The summed E-state index contributed by atoms with van der Waals surface area (Å²) in [6, 6.07) is 61.2. The second kappa shape index (κ2) is 14.7. The van der Waals surface area contributed by atoms with Gasteiger partial charge in [0.15, 0.2) is 0 Å². The standard InChI is InChI=1S/C48H38O3/c1-34-20-22-38(23-21-34)47-43-16-8-10-18-45(43)48(46-19-11-9-17-44(46)47)39-24-26-40(27-25-39)49-33-37-28-41(50-31-35-12-4-2-5-13-35)30-42(29-37)51-32-36-14-6-3-7-15-36/h2-30H,31-33H2,1H3. The van der Waals surface area contributed by atoms with Crippen LogP contribution in [0.5, 0.6) is 17.2 Å². The predicted octanol–water partition coefficient (Wildman–Crippen LogP) is 12.4. The van der Waals surface area contributed by atoms with Crippen LogP contribution in [0.15, 0.2) is 176 Å². The van der Waals surface area contributed by atoms with E-state index in [0.29, 0.717) is 19.8 Å². The molecule has 0 aromatic heterocycles. The molecule has 8 rings (SSSR count). The fourth-order valence-corrected chi connectivity index (χ4v) is 6.72. The van der Waals surface area contributed by atoms with Gasteiger partial charge in [0.2, 0.25) is 0 Å². The molecule has 0 N–H and O–H groups in total. The third-order valence-corrected chi connectivity index (χ3v) is 9.26. The van der Waals surface area contributed by atoms with Crippen LogP contribution in [0, 0.1) is 6.92 Å². The summed E-state index contributed by atoms with van der Waals surface area (Å²) in [6.45, 7) is 3.45. The number of fused-ring (bicyclic) bond motifs is 2. The molecule has 8 aromatic carbocycles. The van der Waals surface area contributed by atoms with Gasteiger partial charge in [-0.25, -0.2) is 0 Å². The maximum absolute atomic E-state index is 6.37. The Kier molecular flexibility index (Phi) is 9.17. The number of aryl methyl sites for hydroxylation is 1. The first-order valence-corrected chi connectivity index (χ1v) is 17.4. The molecule has 0 radical (unpaired) electrons. The molecule has 0 unspecified atom stereocenters. The van der Waals surface area contributed by atoms with E-state index in [1.807, 2.05) is 54.6 Å². The van der Waals surface area contributed by atoms with Crippen LogP contribution >= 0.6 is 0 Å². The van der Waals surface area contributed by atoms with Crippen molar-refractivity contribution in [3.05, 3.63) is 198 Å². The molecule has 0 bridgehead atoms. The van der Waals surface area contributed by atoms with Gasteiger partial charge in [-0.05, 0) is 91.7 Å². The Hall–Kier alpha value is -6.32. The van der Waals surface area contributed by atoms with Crippen LogP contribution in [0.25, 0.3) is 43.8 Å². The minimum Gasteiger partial charge on any atom is -0.489 e. The summed E-state index contributed by atoms with van der Waals surface area (Å²) in [4.78, 5) is 0. The molecular weight excluding hydrogens is 625 g/mol. The predicted molar refractivity (Wildman–Crippen MR) is 209 cm³/mol. The summed E-state index contributed by atoms with van der Waals surface area (Å²) in [5.41, 5.74) is 9.32. The zero-order valence-corrected chi connectivity index (χ0v) is 28.6. The molecule has 0 aliphatic heterocycles. The van der Waals surface area contributed by atoms with E-state index in [4.69, 9.17) is 14.2 Å². The molecular formula is C48H38O3. The Morgan fingerprint density at radius 3 is 1.16 bits per heavy atom. The molecule has 0 saturated heterocycles. The van der Waals surface area contributed by atoms with E-state index in [1.54, 1.807) is 0 Å². The lowest BCUT2D eigenvalue weighted by molar-refractivity contribution is 0.281. The van der Waals surface area contributed by atoms with Gasteiger partial charge < -0.3 is 14.2 Å². The Morgan fingerprint density at radius 1 is 0.333 bits per heavy atom. The quantitative estimate of drug-likeness (QED) is 0.129. The largest absolute Gasteiger partial charge is 0.489 e. The Balaban J connectivity index is 1.07. The van der Waals surface area contributed by atoms with Gasteiger partial charge in [-0.3, -0.25) is 0 Å². The van der Waals surface area contributed by atoms with Crippen LogP contribution in [0.3, 0.4) is 0 Å². The summed E-state index contributed by atoms with van der Waals surface area (Å²) >= 11 is 0. The van der Waals surface area contributed by atoms with Gasteiger partial charge in [0.1, 0.15) is 37.1 Å². The van der Waals surface area contributed by atoms with Crippen molar-refractivity contribution in [1.82, 2.24) is 0 Å². The van der Waals surface area contributed by atoms with Crippen LogP contribution in [0.2, 0.25) is 0 Å². The van der Waals surface area contributed by atoms with E-state index in [9.17, 15) is 0 Å². The molecule has 0 fully saturated rings. The molecule has 0 amide bonds. The summed E-state index contributed by atoms with van der Waals surface area (Å²) in [7, 11) is 0. The number of ether oxygens (including phenoxy) is 3. The van der Waals surface area contributed by atoms with Gasteiger partial charge in [-0.1, -0.05) is 151 Å². The highest BCUT2D eigenvalue weighted by atomic mass is 16.5. The third kappa shape index (κ3) is 7.20. The maximum atomic E-state index is 6.37. The molecule has 8 aromatic rings. The van der Waals surface area contributed by atoms with E-state index in [0.717, 1.165) is 39.5 Å². The summed E-state index contributed by atoms with van der Waals surface area (Å²) in [5, 5.41) is 4.96. The zero-order valence-electron chi connectivity index (χ0n) is 28.6. The average Bonchev–Trinajstić information content (AvgIpc) is 3.19. The molecule has 0 aliphatic carbocycles. The van der Waals surface area contributed by atoms with Gasteiger partial charge in [-0.2, -0.15) is 0 Å². The smallest absolute Gasteiger partial charge is 0.123 e.